The highest BCUT2D eigenvalue weighted by Gasteiger charge is 2.27. The molecule has 1 saturated heterocycles. The number of piperidine rings is 1. The maximum absolute atomic E-state index is 13.0. The van der Waals surface area contributed by atoms with Crippen molar-refractivity contribution in [3.63, 3.8) is 0 Å². The molecule has 3 aromatic rings. The Bertz CT molecular complexity index is 890. The van der Waals surface area contributed by atoms with Crippen LogP contribution in [0.25, 0.3) is 11.1 Å². The Kier molecular flexibility index (Phi) is 4.39. The normalized spacial score (nSPS) is 17.2. The van der Waals surface area contributed by atoms with Crippen LogP contribution in [0.2, 0.25) is 0 Å². The molecule has 4 rings (SSSR count). The van der Waals surface area contributed by atoms with Crippen molar-refractivity contribution in [1.29, 1.82) is 0 Å². The second-order valence-electron chi connectivity index (χ2n) is 6.59. The summed E-state index contributed by atoms with van der Waals surface area (Å²) in [6.45, 7) is 1.41. The number of hydrogen-bond acceptors (Lipinski definition) is 4. The number of aromatic hydroxyl groups is 1. The molecule has 6 nitrogen and oxygen atoms in total. The Morgan fingerprint density at radius 2 is 2.00 bits per heavy atom. The van der Waals surface area contributed by atoms with E-state index in [0.717, 1.165) is 36.3 Å². The number of nitrogens with one attached hydrogen (secondary N) is 1. The molecular formula is C20H20N4O2. The van der Waals surface area contributed by atoms with Gasteiger partial charge in [-0.1, -0.05) is 24.3 Å². The lowest BCUT2D eigenvalue weighted by molar-refractivity contribution is 0.0704. The van der Waals surface area contributed by atoms with Crippen LogP contribution in [0.1, 0.15) is 34.9 Å². The first-order valence-corrected chi connectivity index (χ1v) is 8.75. The van der Waals surface area contributed by atoms with Gasteiger partial charge in [-0.2, -0.15) is 5.10 Å². The van der Waals surface area contributed by atoms with E-state index in [1.807, 2.05) is 41.3 Å². The predicted octanol–water partition coefficient (Wildman–Crippen LogP) is 3.20. The fraction of sp³-hybridized carbons (Fsp3) is 0.250. The minimum atomic E-state index is 0.0369. The number of nitrogens with zero attached hydrogens (tertiary/aromatic N) is 3. The summed E-state index contributed by atoms with van der Waals surface area (Å²) in [6, 6.07) is 14.6. The topological polar surface area (TPSA) is 82.1 Å². The summed E-state index contributed by atoms with van der Waals surface area (Å²) in [4.78, 5) is 19.1. The molecule has 0 aliphatic carbocycles. The van der Waals surface area contributed by atoms with Crippen LogP contribution in [0.15, 0.2) is 54.9 Å². The molecule has 2 N–H and O–H groups in total. The van der Waals surface area contributed by atoms with Gasteiger partial charge in [0, 0.05) is 24.6 Å². The Labute approximate surface area is 151 Å². The molecule has 6 heteroatoms. The van der Waals surface area contributed by atoms with Gasteiger partial charge in [0.15, 0.2) is 0 Å². The summed E-state index contributed by atoms with van der Waals surface area (Å²) < 4.78 is 0. The van der Waals surface area contributed by atoms with E-state index in [9.17, 15) is 9.90 Å². The highest BCUT2D eigenvalue weighted by molar-refractivity contribution is 5.95. The molecule has 1 atom stereocenters. The number of aromatic amines is 1. The van der Waals surface area contributed by atoms with Crippen molar-refractivity contribution < 1.29 is 9.90 Å². The summed E-state index contributed by atoms with van der Waals surface area (Å²) >= 11 is 0. The molecule has 0 saturated carbocycles. The zero-order chi connectivity index (χ0) is 17.9. The van der Waals surface area contributed by atoms with Gasteiger partial charge in [0.1, 0.15) is 17.9 Å². The van der Waals surface area contributed by atoms with E-state index in [1.54, 1.807) is 12.1 Å². The quantitative estimate of drug-likeness (QED) is 0.761. The van der Waals surface area contributed by atoms with Gasteiger partial charge in [-0.3, -0.25) is 9.89 Å². The van der Waals surface area contributed by atoms with Gasteiger partial charge in [0.2, 0.25) is 0 Å². The lowest BCUT2D eigenvalue weighted by atomic mass is 9.96. The predicted molar refractivity (Wildman–Crippen MR) is 97.8 cm³/mol. The van der Waals surface area contributed by atoms with Crippen LogP contribution in [0.4, 0.5) is 0 Å². The fourth-order valence-corrected chi connectivity index (χ4v) is 3.46. The molecule has 1 aromatic heterocycles. The third kappa shape index (κ3) is 3.31. The SMILES string of the molecule is O=C(c1cccc(-c2ccc(O)cc2)c1)N1CCCC(c2ncn[nH]2)C1. The van der Waals surface area contributed by atoms with Gasteiger partial charge in [-0.25, -0.2) is 4.98 Å². The molecule has 2 aromatic carbocycles. The highest BCUT2D eigenvalue weighted by Crippen LogP contribution is 2.27. The number of H-pyrrole nitrogens is 1. The van der Waals surface area contributed by atoms with Crippen molar-refractivity contribution >= 4 is 5.91 Å². The number of benzene rings is 2. The van der Waals surface area contributed by atoms with E-state index < -0.39 is 0 Å². The van der Waals surface area contributed by atoms with Crippen molar-refractivity contribution in [3.05, 3.63) is 66.2 Å². The summed E-state index contributed by atoms with van der Waals surface area (Å²) in [7, 11) is 0. The molecule has 26 heavy (non-hydrogen) atoms. The average Bonchev–Trinajstić information content (AvgIpc) is 3.23. The van der Waals surface area contributed by atoms with Crippen molar-refractivity contribution in [1.82, 2.24) is 20.1 Å². The van der Waals surface area contributed by atoms with Crippen LogP contribution in [0.5, 0.6) is 5.75 Å². The summed E-state index contributed by atoms with van der Waals surface area (Å²) in [5, 5.41) is 16.3. The van der Waals surface area contributed by atoms with Crippen molar-refractivity contribution in [3.8, 4) is 16.9 Å². The largest absolute Gasteiger partial charge is 0.508 e. The van der Waals surface area contributed by atoms with Gasteiger partial charge < -0.3 is 10.0 Å². The van der Waals surface area contributed by atoms with Crippen LogP contribution in [-0.2, 0) is 0 Å². The Morgan fingerprint density at radius 3 is 2.77 bits per heavy atom. The molecular weight excluding hydrogens is 328 g/mol. The molecule has 1 unspecified atom stereocenters. The number of aromatic nitrogens is 3. The van der Waals surface area contributed by atoms with Crippen molar-refractivity contribution in [2.24, 2.45) is 0 Å². The van der Waals surface area contributed by atoms with E-state index in [4.69, 9.17) is 0 Å². The molecule has 0 spiro atoms. The molecule has 1 aliphatic rings. The van der Waals surface area contributed by atoms with E-state index in [1.165, 1.54) is 6.33 Å². The third-order valence-corrected chi connectivity index (χ3v) is 4.84. The molecule has 0 radical (unpaired) electrons. The lowest BCUT2D eigenvalue weighted by Gasteiger charge is -2.31. The van der Waals surface area contributed by atoms with Crippen LogP contribution >= 0.6 is 0 Å². The van der Waals surface area contributed by atoms with Gasteiger partial charge in [-0.05, 0) is 48.2 Å². The number of carbonyl (C=O) groups excluding carboxylic acids is 1. The fourth-order valence-electron chi connectivity index (χ4n) is 3.46. The van der Waals surface area contributed by atoms with Gasteiger partial charge in [-0.15, -0.1) is 0 Å². The molecule has 132 valence electrons. The van der Waals surface area contributed by atoms with Crippen LogP contribution in [0.3, 0.4) is 0 Å². The summed E-state index contributed by atoms with van der Waals surface area (Å²) in [5.41, 5.74) is 2.60. The number of rotatable bonds is 3. The second kappa shape index (κ2) is 7.00. The molecule has 0 bridgehead atoms. The maximum atomic E-state index is 13.0. The minimum Gasteiger partial charge on any atom is -0.508 e. The Balaban J connectivity index is 1.54. The van der Waals surface area contributed by atoms with Crippen molar-refractivity contribution in [2.75, 3.05) is 13.1 Å². The van der Waals surface area contributed by atoms with E-state index >= 15 is 0 Å². The van der Waals surface area contributed by atoms with E-state index in [-0.39, 0.29) is 17.6 Å². The number of phenols is 1. The Morgan fingerprint density at radius 1 is 1.15 bits per heavy atom. The average molecular weight is 348 g/mol. The number of likely N-dealkylation sites (tertiary alicyclic amines) is 1. The van der Waals surface area contributed by atoms with Crippen LogP contribution < -0.4 is 0 Å². The molecule has 1 amide bonds. The zero-order valence-corrected chi connectivity index (χ0v) is 14.3. The van der Waals surface area contributed by atoms with Gasteiger partial charge in [0.25, 0.3) is 5.91 Å². The number of carbonyl (C=O) groups is 1. The lowest BCUT2D eigenvalue weighted by Crippen LogP contribution is -2.39. The molecule has 1 fully saturated rings. The summed E-state index contributed by atoms with van der Waals surface area (Å²) in [5.74, 6) is 1.32. The van der Waals surface area contributed by atoms with Crippen LogP contribution in [-0.4, -0.2) is 44.2 Å². The maximum Gasteiger partial charge on any atom is 0.253 e. The van der Waals surface area contributed by atoms with Gasteiger partial charge >= 0.3 is 0 Å². The number of amides is 1. The first kappa shape index (κ1) is 16.3. The van der Waals surface area contributed by atoms with Gasteiger partial charge in [0.05, 0.1) is 0 Å². The third-order valence-electron chi connectivity index (χ3n) is 4.84. The van der Waals surface area contributed by atoms with Crippen LogP contribution in [0, 0.1) is 0 Å². The Hall–Kier alpha value is -3.15. The van der Waals surface area contributed by atoms with E-state index in [2.05, 4.69) is 15.2 Å². The number of hydrogen-bond donors (Lipinski definition) is 2. The minimum absolute atomic E-state index is 0.0369. The second-order valence-corrected chi connectivity index (χ2v) is 6.59. The molecule has 1 aliphatic heterocycles. The van der Waals surface area contributed by atoms with E-state index in [0.29, 0.717) is 12.1 Å². The first-order valence-electron chi connectivity index (χ1n) is 8.75. The highest BCUT2D eigenvalue weighted by atomic mass is 16.3. The smallest absolute Gasteiger partial charge is 0.253 e. The monoisotopic (exact) mass is 348 g/mol. The number of phenolic OH excluding ortho intramolecular Hbond substituents is 1. The standard InChI is InChI=1S/C20H20N4O2/c25-18-8-6-14(7-9-18)15-3-1-4-16(11-15)20(26)24-10-2-5-17(12-24)19-21-13-22-23-19/h1,3-4,6-9,11,13,17,25H,2,5,10,12H2,(H,21,22,23). The molecule has 2 heterocycles. The zero-order valence-electron chi connectivity index (χ0n) is 14.3. The van der Waals surface area contributed by atoms with Crippen molar-refractivity contribution in [2.45, 2.75) is 18.8 Å². The summed E-state index contributed by atoms with van der Waals surface area (Å²) in [6.07, 6.45) is 3.47. The first-order chi connectivity index (χ1) is 12.7.